The summed E-state index contributed by atoms with van der Waals surface area (Å²) >= 11 is 0. The molecule has 0 radical (unpaired) electrons. The van der Waals surface area contributed by atoms with Crippen LogP contribution < -0.4 is 4.90 Å². The first-order valence-electron chi connectivity index (χ1n) is 10.9. The van der Waals surface area contributed by atoms with E-state index in [0.717, 1.165) is 31.2 Å². The van der Waals surface area contributed by atoms with Gasteiger partial charge in [0.1, 0.15) is 17.4 Å². The number of hydrogen-bond acceptors (Lipinski definition) is 3. The van der Waals surface area contributed by atoms with Crippen LogP contribution in [0.3, 0.4) is 0 Å². The number of anilines is 1. The number of aliphatic hydroxyl groups is 1. The van der Waals surface area contributed by atoms with Gasteiger partial charge in [-0.1, -0.05) is 24.3 Å². The van der Waals surface area contributed by atoms with Crippen LogP contribution in [0.15, 0.2) is 72.3 Å². The molecule has 1 amide bonds. The van der Waals surface area contributed by atoms with Crippen LogP contribution in [0.2, 0.25) is 0 Å². The molecule has 3 aromatic carbocycles. The van der Waals surface area contributed by atoms with Gasteiger partial charge in [0, 0.05) is 11.3 Å². The number of aryl methyl sites for hydroxylation is 2. The molecule has 6 heteroatoms. The third-order valence-corrected chi connectivity index (χ3v) is 6.36. The molecule has 0 saturated carbocycles. The molecule has 4 nitrogen and oxygen atoms in total. The van der Waals surface area contributed by atoms with Gasteiger partial charge >= 0.3 is 0 Å². The lowest BCUT2D eigenvalue weighted by Gasteiger charge is -2.25. The molecule has 2 aliphatic rings. The van der Waals surface area contributed by atoms with E-state index in [4.69, 9.17) is 0 Å². The van der Waals surface area contributed by atoms with E-state index in [2.05, 4.69) is 0 Å². The molecule has 1 atom stereocenters. The maximum absolute atomic E-state index is 13.6. The van der Waals surface area contributed by atoms with Crippen LogP contribution in [0.5, 0.6) is 0 Å². The molecule has 1 unspecified atom stereocenters. The van der Waals surface area contributed by atoms with E-state index in [0.29, 0.717) is 16.8 Å². The zero-order valence-corrected chi connectivity index (χ0v) is 17.7. The van der Waals surface area contributed by atoms with Crippen LogP contribution in [0.4, 0.5) is 14.5 Å². The first-order chi connectivity index (χ1) is 15.9. The minimum atomic E-state index is -0.980. The van der Waals surface area contributed by atoms with Gasteiger partial charge < -0.3 is 5.11 Å². The molecule has 1 fully saturated rings. The molecule has 166 valence electrons. The number of rotatable bonds is 3. The second-order valence-corrected chi connectivity index (χ2v) is 8.39. The monoisotopic (exact) mass is 445 g/mol. The van der Waals surface area contributed by atoms with Crippen molar-refractivity contribution in [1.29, 1.82) is 0 Å². The number of hydrogen-bond donors (Lipinski definition) is 1. The van der Waals surface area contributed by atoms with E-state index in [-0.39, 0.29) is 11.3 Å². The number of carbonyl (C=O) groups excluding carboxylic acids is 2. The standard InChI is InChI=1S/C27H21F2NO3/c28-20-9-7-17(8-10-20)24-23(25(31)19-6-5-16-3-1-2-4-18(16)15-19)26(32)27(33)30(24)22-13-11-21(29)12-14-22/h5-15,24,31H,1-4H2/b25-23-. The van der Waals surface area contributed by atoms with Crippen molar-refractivity contribution in [3.05, 3.63) is 106 Å². The second-order valence-electron chi connectivity index (χ2n) is 8.39. The van der Waals surface area contributed by atoms with Crippen LogP contribution >= 0.6 is 0 Å². The number of Topliss-reactive ketones (excluding diaryl/α,β-unsaturated/α-hetero) is 1. The van der Waals surface area contributed by atoms with Crippen molar-refractivity contribution in [3.8, 4) is 0 Å². The summed E-state index contributed by atoms with van der Waals surface area (Å²) in [5.41, 5.74) is 3.49. The lowest BCUT2D eigenvalue weighted by molar-refractivity contribution is -0.132. The number of benzene rings is 3. The van der Waals surface area contributed by atoms with E-state index >= 15 is 0 Å². The Kier molecular flexibility index (Phi) is 5.29. The van der Waals surface area contributed by atoms with Gasteiger partial charge in [-0.3, -0.25) is 14.5 Å². The average Bonchev–Trinajstić information content (AvgIpc) is 3.10. The van der Waals surface area contributed by atoms with Crippen molar-refractivity contribution in [3.63, 3.8) is 0 Å². The third-order valence-electron chi connectivity index (χ3n) is 6.36. The van der Waals surface area contributed by atoms with Crippen LogP contribution in [0.1, 0.15) is 41.1 Å². The summed E-state index contributed by atoms with van der Waals surface area (Å²) < 4.78 is 27.1. The van der Waals surface area contributed by atoms with Gasteiger partial charge in [0.2, 0.25) is 0 Å². The summed E-state index contributed by atoms with van der Waals surface area (Å²) in [6.07, 6.45) is 4.04. The number of fused-ring (bicyclic) bond motifs is 1. The maximum atomic E-state index is 13.6. The first-order valence-corrected chi connectivity index (χ1v) is 10.9. The minimum absolute atomic E-state index is 0.0771. The minimum Gasteiger partial charge on any atom is -0.507 e. The molecular weight excluding hydrogens is 424 g/mol. The van der Waals surface area contributed by atoms with E-state index in [9.17, 15) is 23.5 Å². The SMILES string of the molecule is O=C1C(=O)N(c2ccc(F)cc2)C(c2ccc(F)cc2)/C1=C(/O)c1ccc2c(c1)CCCC2. The van der Waals surface area contributed by atoms with E-state index < -0.39 is 29.4 Å². The molecule has 1 N–H and O–H groups in total. The summed E-state index contributed by atoms with van der Waals surface area (Å²) in [6, 6.07) is 15.2. The van der Waals surface area contributed by atoms with Crippen LogP contribution in [0, 0.1) is 11.6 Å². The maximum Gasteiger partial charge on any atom is 0.300 e. The Morgan fingerprint density at radius 3 is 2.09 bits per heavy atom. The summed E-state index contributed by atoms with van der Waals surface area (Å²) in [6.45, 7) is 0. The van der Waals surface area contributed by atoms with Crippen molar-refractivity contribution in [1.82, 2.24) is 0 Å². The third kappa shape index (κ3) is 3.71. The van der Waals surface area contributed by atoms with Gasteiger partial charge in [-0.05, 0) is 84.8 Å². The van der Waals surface area contributed by atoms with E-state index in [1.54, 1.807) is 6.07 Å². The highest BCUT2D eigenvalue weighted by Gasteiger charge is 2.47. The molecule has 1 saturated heterocycles. The van der Waals surface area contributed by atoms with Gasteiger partial charge in [-0.25, -0.2) is 8.78 Å². The molecule has 33 heavy (non-hydrogen) atoms. The molecule has 0 spiro atoms. The molecule has 5 rings (SSSR count). The summed E-state index contributed by atoms with van der Waals surface area (Å²) in [4.78, 5) is 27.5. The van der Waals surface area contributed by atoms with Crippen LogP contribution in [-0.2, 0) is 22.4 Å². The molecule has 1 aliphatic heterocycles. The van der Waals surface area contributed by atoms with Crippen LogP contribution in [-0.4, -0.2) is 16.8 Å². The number of amides is 1. The summed E-state index contributed by atoms with van der Waals surface area (Å²) in [5, 5.41) is 11.3. The van der Waals surface area contributed by atoms with Gasteiger partial charge in [0.25, 0.3) is 11.7 Å². The predicted molar refractivity (Wildman–Crippen MR) is 121 cm³/mol. The number of nitrogens with zero attached hydrogens (tertiary/aromatic N) is 1. The fraction of sp³-hybridized carbons (Fsp3) is 0.185. The zero-order chi connectivity index (χ0) is 23.1. The van der Waals surface area contributed by atoms with Crippen molar-refractivity contribution in [2.75, 3.05) is 4.90 Å². The van der Waals surface area contributed by atoms with Gasteiger partial charge in [-0.15, -0.1) is 0 Å². The Morgan fingerprint density at radius 1 is 0.818 bits per heavy atom. The summed E-state index contributed by atoms with van der Waals surface area (Å²) in [7, 11) is 0. The highest BCUT2D eigenvalue weighted by atomic mass is 19.1. The lowest BCUT2D eigenvalue weighted by Crippen LogP contribution is -2.29. The normalized spacial score (nSPS) is 19.6. The number of aliphatic hydroxyl groups excluding tert-OH is 1. The largest absolute Gasteiger partial charge is 0.507 e. The smallest absolute Gasteiger partial charge is 0.300 e. The van der Waals surface area contributed by atoms with Gasteiger partial charge in [-0.2, -0.15) is 0 Å². The van der Waals surface area contributed by atoms with Crippen LogP contribution in [0.25, 0.3) is 5.76 Å². The van der Waals surface area contributed by atoms with E-state index in [1.165, 1.54) is 59.0 Å². The molecule has 0 aromatic heterocycles. The average molecular weight is 445 g/mol. The molecule has 1 heterocycles. The number of carbonyl (C=O) groups is 2. The number of halogens is 2. The Labute approximate surface area is 189 Å². The summed E-state index contributed by atoms with van der Waals surface area (Å²) in [5.74, 6) is -2.91. The quantitative estimate of drug-likeness (QED) is 0.330. The van der Waals surface area contributed by atoms with Crippen molar-refractivity contribution in [2.45, 2.75) is 31.7 Å². The topological polar surface area (TPSA) is 57.6 Å². The zero-order valence-electron chi connectivity index (χ0n) is 17.7. The first kappa shape index (κ1) is 21.1. The molecule has 1 aliphatic carbocycles. The Balaban J connectivity index is 1.68. The number of ketones is 1. The van der Waals surface area contributed by atoms with Gasteiger partial charge in [0.05, 0.1) is 11.6 Å². The second kappa shape index (κ2) is 8.28. The highest BCUT2D eigenvalue weighted by Crippen LogP contribution is 2.42. The Morgan fingerprint density at radius 2 is 1.42 bits per heavy atom. The Hall–Kier alpha value is -3.80. The van der Waals surface area contributed by atoms with Crippen molar-refractivity contribution < 1.29 is 23.5 Å². The fourth-order valence-electron chi connectivity index (χ4n) is 4.70. The van der Waals surface area contributed by atoms with Crippen molar-refractivity contribution in [2.24, 2.45) is 0 Å². The predicted octanol–water partition coefficient (Wildman–Crippen LogP) is 5.47. The highest BCUT2D eigenvalue weighted by molar-refractivity contribution is 6.51. The molecule has 3 aromatic rings. The molecule has 0 bridgehead atoms. The van der Waals surface area contributed by atoms with E-state index in [1.807, 2.05) is 12.1 Å². The lowest BCUT2D eigenvalue weighted by atomic mass is 9.88. The molecular formula is C27H21F2NO3. The van der Waals surface area contributed by atoms with Gasteiger partial charge in [0.15, 0.2) is 0 Å². The Bertz CT molecular complexity index is 1280. The fourth-order valence-corrected chi connectivity index (χ4v) is 4.70. The van der Waals surface area contributed by atoms with Crippen molar-refractivity contribution >= 4 is 23.1 Å².